The van der Waals surface area contributed by atoms with Gasteiger partial charge < -0.3 is 24.9 Å². The Morgan fingerprint density at radius 3 is 2.62 bits per heavy atom. The van der Waals surface area contributed by atoms with Crippen molar-refractivity contribution in [2.45, 2.75) is 38.8 Å². The molecule has 2 aromatic rings. The zero-order valence-electron chi connectivity index (χ0n) is 14.2. The van der Waals surface area contributed by atoms with Crippen LogP contribution in [0.3, 0.4) is 0 Å². The highest BCUT2D eigenvalue weighted by atomic mass is 16.6. The molecular weight excluding hydrogens is 312 g/mol. The summed E-state index contributed by atoms with van der Waals surface area (Å²) in [5.41, 5.74) is 0.883. The molecule has 0 aliphatic carbocycles. The second kappa shape index (κ2) is 6.82. The van der Waals surface area contributed by atoms with Crippen LogP contribution in [0.1, 0.15) is 26.3 Å². The van der Waals surface area contributed by atoms with E-state index in [4.69, 9.17) is 9.47 Å². The van der Waals surface area contributed by atoms with Gasteiger partial charge in [0.1, 0.15) is 17.4 Å². The Morgan fingerprint density at radius 2 is 2.04 bits per heavy atom. The summed E-state index contributed by atoms with van der Waals surface area (Å²) >= 11 is 0. The number of nitrogens with one attached hydrogen (secondary N) is 2. The molecule has 0 radical (unpaired) electrons. The van der Waals surface area contributed by atoms with Gasteiger partial charge in [-0.25, -0.2) is 9.59 Å². The molecule has 1 aromatic carbocycles. The molecule has 0 bridgehead atoms. The number of benzene rings is 1. The van der Waals surface area contributed by atoms with E-state index in [0.29, 0.717) is 5.75 Å². The summed E-state index contributed by atoms with van der Waals surface area (Å²) in [6.07, 6.45) is 1.07. The van der Waals surface area contributed by atoms with Crippen molar-refractivity contribution in [1.29, 1.82) is 0 Å². The Bertz CT molecular complexity index is 745. The number of amides is 1. The van der Waals surface area contributed by atoms with Crippen LogP contribution in [0.5, 0.6) is 5.75 Å². The Morgan fingerprint density at radius 1 is 1.33 bits per heavy atom. The summed E-state index contributed by atoms with van der Waals surface area (Å²) in [6, 6.07) is 4.41. The minimum atomic E-state index is -1.13. The number of H-pyrrole nitrogens is 1. The minimum Gasteiger partial charge on any atom is -0.496 e. The quantitative estimate of drug-likeness (QED) is 0.780. The molecule has 0 aliphatic heterocycles. The highest BCUT2D eigenvalue weighted by Crippen LogP contribution is 2.29. The number of carbonyl (C=O) groups excluding carboxylic acids is 1. The topological polar surface area (TPSA) is 101 Å². The number of methoxy groups -OCH3 is 1. The highest BCUT2D eigenvalue weighted by molar-refractivity contribution is 5.90. The third-order valence-electron chi connectivity index (χ3n) is 3.38. The van der Waals surface area contributed by atoms with Crippen LogP contribution in [-0.2, 0) is 16.0 Å². The first-order chi connectivity index (χ1) is 11.2. The third-order valence-corrected chi connectivity index (χ3v) is 3.38. The van der Waals surface area contributed by atoms with E-state index in [2.05, 4.69) is 10.3 Å². The molecule has 1 atom stereocenters. The van der Waals surface area contributed by atoms with Crippen LogP contribution in [-0.4, -0.2) is 40.9 Å². The number of hydrogen-bond donors (Lipinski definition) is 3. The van der Waals surface area contributed by atoms with Crippen LogP contribution >= 0.6 is 0 Å². The van der Waals surface area contributed by atoms with Gasteiger partial charge in [-0.05, 0) is 38.5 Å². The maximum atomic E-state index is 11.9. The standard InChI is InChI=1S/C17H22N2O5/c1-17(2,3)24-16(22)19-12(15(20)21)8-10-9-18-11-6-5-7-13(23-4)14(10)11/h5-7,9,12,18H,8H2,1-4H3,(H,19,22)(H,20,21). The number of rotatable bonds is 5. The number of aliphatic carboxylic acids is 1. The number of alkyl carbamates (subject to hydrolysis) is 1. The molecule has 2 rings (SSSR count). The fraction of sp³-hybridized carbons (Fsp3) is 0.412. The maximum absolute atomic E-state index is 11.9. The number of aromatic nitrogens is 1. The first-order valence-corrected chi connectivity index (χ1v) is 7.56. The zero-order chi connectivity index (χ0) is 17.9. The van der Waals surface area contributed by atoms with E-state index in [9.17, 15) is 14.7 Å². The number of fused-ring (bicyclic) bond motifs is 1. The zero-order valence-corrected chi connectivity index (χ0v) is 14.2. The first-order valence-electron chi connectivity index (χ1n) is 7.56. The first kappa shape index (κ1) is 17.7. The number of ether oxygens (including phenoxy) is 2. The minimum absolute atomic E-state index is 0.106. The average molecular weight is 334 g/mol. The number of carbonyl (C=O) groups is 2. The van der Waals surface area contributed by atoms with Crippen molar-refractivity contribution < 1.29 is 24.2 Å². The van der Waals surface area contributed by atoms with E-state index < -0.39 is 23.7 Å². The van der Waals surface area contributed by atoms with Crippen molar-refractivity contribution >= 4 is 23.0 Å². The van der Waals surface area contributed by atoms with E-state index in [1.54, 1.807) is 40.1 Å². The van der Waals surface area contributed by atoms with Crippen LogP contribution in [0, 0.1) is 0 Å². The van der Waals surface area contributed by atoms with Gasteiger partial charge >= 0.3 is 12.1 Å². The van der Waals surface area contributed by atoms with Crippen molar-refractivity contribution in [2.75, 3.05) is 7.11 Å². The Labute approximate surface area is 140 Å². The van der Waals surface area contributed by atoms with E-state index in [1.807, 2.05) is 12.1 Å². The lowest BCUT2D eigenvalue weighted by molar-refractivity contribution is -0.139. The third kappa shape index (κ3) is 4.18. The largest absolute Gasteiger partial charge is 0.496 e. The molecule has 1 amide bonds. The predicted molar refractivity (Wildman–Crippen MR) is 89.3 cm³/mol. The fourth-order valence-electron chi connectivity index (χ4n) is 2.42. The SMILES string of the molecule is COc1cccc2[nH]cc(CC(NC(=O)OC(C)(C)C)C(=O)O)c12. The molecule has 1 unspecified atom stereocenters. The lowest BCUT2D eigenvalue weighted by Gasteiger charge is -2.22. The van der Waals surface area contributed by atoms with E-state index in [1.165, 1.54) is 0 Å². The molecule has 7 nitrogen and oxygen atoms in total. The molecule has 130 valence electrons. The molecular formula is C17H22N2O5. The fourth-order valence-corrected chi connectivity index (χ4v) is 2.42. The van der Waals surface area contributed by atoms with Gasteiger partial charge in [0, 0.05) is 23.5 Å². The maximum Gasteiger partial charge on any atom is 0.408 e. The lowest BCUT2D eigenvalue weighted by atomic mass is 10.0. The second-order valence-electron chi connectivity index (χ2n) is 6.44. The summed E-state index contributed by atoms with van der Waals surface area (Å²) < 4.78 is 10.5. The monoisotopic (exact) mass is 334 g/mol. The summed E-state index contributed by atoms with van der Waals surface area (Å²) in [4.78, 5) is 26.4. The van der Waals surface area contributed by atoms with E-state index in [0.717, 1.165) is 16.5 Å². The van der Waals surface area contributed by atoms with Gasteiger partial charge in [0.25, 0.3) is 0 Å². The summed E-state index contributed by atoms with van der Waals surface area (Å²) in [5.74, 6) is -0.490. The molecule has 3 N–H and O–H groups in total. The van der Waals surface area contributed by atoms with Crippen LogP contribution in [0.2, 0.25) is 0 Å². The smallest absolute Gasteiger partial charge is 0.408 e. The Kier molecular flexibility index (Phi) is 5.02. The number of hydrogen-bond acceptors (Lipinski definition) is 4. The van der Waals surface area contributed by atoms with Crippen LogP contribution in [0.15, 0.2) is 24.4 Å². The van der Waals surface area contributed by atoms with Crippen molar-refractivity contribution in [3.8, 4) is 5.75 Å². The highest BCUT2D eigenvalue weighted by Gasteiger charge is 2.25. The normalized spacial score (nSPS) is 12.7. The molecule has 0 fully saturated rings. The van der Waals surface area contributed by atoms with Gasteiger partial charge in [0.2, 0.25) is 0 Å². The molecule has 0 saturated carbocycles. The van der Waals surface area contributed by atoms with Crippen molar-refractivity contribution in [3.63, 3.8) is 0 Å². The van der Waals surface area contributed by atoms with Gasteiger partial charge in [-0.1, -0.05) is 6.07 Å². The average Bonchev–Trinajstić information content (AvgIpc) is 2.87. The molecule has 7 heteroatoms. The predicted octanol–water partition coefficient (Wildman–Crippen LogP) is 2.70. The summed E-state index contributed by atoms with van der Waals surface area (Å²) in [7, 11) is 1.55. The molecule has 0 spiro atoms. The Balaban J connectivity index is 2.23. The molecule has 1 heterocycles. The van der Waals surface area contributed by atoms with Crippen LogP contribution in [0.25, 0.3) is 10.9 Å². The number of carboxylic acids is 1. The Hall–Kier alpha value is -2.70. The van der Waals surface area contributed by atoms with Crippen molar-refractivity contribution in [2.24, 2.45) is 0 Å². The van der Waals surface area contributed by atoms with Gasteiger partial charge in [-0.3, -0.25) is 0 Å². The second-order valence-corrected chi connectivity index (χ2v) is 6.44. The number of aromatic amines is 1. The van der Waals surface area contributed by atoms with Crippen molar-refractivity contribution in [3.05, 3.63) is 30.0 Å². The van der Waals surface area contributed by atoms with Gasteiger partial charge in [0.05, 0.1) is 7.11 Å². The summed E-state index contributed by atoms with van der Waals surface area (Å²) in [6.45, 7) is 5.15. The molecule has 0 saturated heterocycles. The van der Waals surface area contributed by atoms with Crippen LogP contribution < -0.4 is 10.1 Å². The van der Waals surface area contributed by atoms with Gasteiger partial charge in [-0.15, -0.1) is 0 Å². The molecule has 24 heavy (non-hydrogen) atoms. The number of carboxylic acid groups (broad SMARTS) is 1. The van der Waals surface area contributed by atoms with Crippen LogP contribution in [0.4, 0.5) is 4.79 Å². The lowest BCUT2D eigenvalue weighted by Crippen LogP contribution is -2.44. The summed E-state index contributed by atoms with van der Waals surface area (Å²) in [5, 5.41) is 12.6. The molecule has 1 aromatic heterocycles. The van der Waals surface area contributed by atoms with E-state index in [-0.39, 0.29) is 6.42 Å². The van der Waals surface area contributed by atoms with Crippen molar-refractivity contribution in [1.82, 2.24) is 10.3 Å². The van der Waals surface area contributed by atoms with Gasteiger partial charge in [0.15, 0.2) is 0 Å². The van der Waals surface area contributed by atoms with E-state index >= 15 is 0 Å². The molecule has 0 aliphatic rings. The van der Waals surface area contributed by atoms with Gasteiger partial charge in [-0.2, -0.15) is 0 Å².